The van der Waals surface area contributed by atoms with Gasteiger partial charge in [0.1, 0.15) is 5.75 Å². The number of benzene rings is 1. The van der Waals surface area contributed by atoms with Crippen LogP contribution in [0, 0.1) is 0 Å². The maximum atomic E-state index is 11.2. The molecule has 0 fully saturated rings. The molecule has 108 valence electrons. The number of halogens is 1. The lowest BCUT2D eigenvalue weighted by Crippen LogP contribution is -2.10. The van der Waals surface area contributed by atoms with Gasteiger partial charge in [0.15, 0.2) is 6.61 Å². The van der Waals surface area contributed by atoms with E-state index in [0.29, 0.717) is 22.9 Å². The van der Waals surface area contributed by atoms with Crippen molar-refractivity contribution in [3.05, 3.63) is 34.9 Å². The molecule has 0 saturated heterocycles. The third kappa shape index (κ3) is 5.75. The largest absolute Gasteiger partial charge is 0.481 e. The lowest BCUT2D eigenvalue weighted by molar-refractivity contribution is -0.142. The first kappa shape index (κ1) is 16.0. The number of aliphatic carboxylic acids is 1. The van der Waals surface area contributed by atoms with Crippen molar-refractivity contribution < 1.29 is 24.2 Å². The summed E-state index contributed by atoms with van der Waals surface area (Å²) in [4.78, 5) is 21.7. The van der Waals surface area contributed by atoms with Crippen LogP contribution in [0.2, 0.25) is 5.02 Å². The van der Waals surface area contributed by atoms with Crippen molar-refractivity contribution in [2.75, 3.05) is 13.2 Å². The summed E-state index contributed by atoms with van der Waals surface area (Å²) in [6.07, 6.45) is 3.41. The molecule has 0 radical (unpaired) electrons. The minimum absolute atomic E-state index is 0.134. The molecule has 0 saturated carbocycles. The Morgan fingerprint density at radius 1 is 1.40 bits per heavy atom. The minimum atomic E-state index is -1.08. The summed E-state index contributed by atoms with van der Waals surface area (Å²) in [6.45, 7) is 1.61. The SMILES string of the molecule is CCOC(=O)CC=Cc1ccc(Cl)cc1OCC(=O)O. The van der Waals surface area contributed by atoms with E-state index in [-0.39, 0.29) is 12.4 Å². The van der Waals surface area contributed by atoms with Gasteiger partial charge in [0.25, 0.3) is 0 Å². The molecule has 5 nitrogen and oxygen atoms in total. The number of rotatable bonds is 7. The monoisotopic (exact) mass is 298 g/mol. The molecule has 0 heterocycles. The van der Waals surface area contributed by atoms with Gasteiger partial charge < -0.3 is 14.6 Å². The van der Waals surface area contributed by atoms with Gasteiger partial charge in [-0.05, 0) is 25.1 Å². The second kappa shape index (κ2) is 8.22. The number of ether oxygens (including phenoxy) is 2. The second-order valence-electron chi connectivity index (χ2n) is 3.78. The highest BCUT2D eigenvalue weighted by Gasteiger charge is 2.05. The number of hydrogen-bond donors (Lipinski definition) is 1. The van der Waals surface area contributed by atoms with Crippen LogP contribution >= 0.6 is 11.6 Å². The maximum Gasteiger partial charge on any atom is 0.341 e. The molecule has 0 spiro atoms. The van der Waals surface area contributed by atoms with E-state index in [1.54, 1.807) is 31.2 Å². The normalized spacial score (nSPS) is 10.5. The zero-order chi connectivity index (χ0) is 15.0. The summed E-state index contributed by atoms with van der Waals surface area (Å²) >= 11 is 5.83. The number of esters is 1. The van der Waals surface area contributed by atoms with E-state index in [1.807, 2.05) is 0 Å². The Morgan fingerprint density at radius 2 is 2.15 bits per heavy atom. The Balaban J connectivity index is 2.75. The van der Waals surface area contributed by atoms with Crippen molar-refractivity contribution in [3.8, 4) is 5.75 Å². The Kier molecular flexibility index (Phi) is 6.59. The fourth-order valence-electron chi connectivity index (χ4n) is 1.41. The first-order chi connectivity index (χ1) is 9.52. The Labute approximate surface area is 121 Å². The van der Waals surface area contributed by atoms with E-state index in [4.69, 9.17) is 26.2 Å². The minimum Gasteiger partial charge on any atom is -0.481 e. The van der Waals surface area contributed by atoms with Gasteiger partial charge >= 0.3 is 11.9 Å². The molecule has 0 aromatic heterocycles. The highest BCUT2D eigenvalue weighted by atomic mass is 35.5. The van der Waals surface area contributed by atoms with Crippen LogP contribution in [-0.2, 0) is 14.3 Å². The third-order valence-electron chi connectivity index (χ3n) is 2.21. The summed E-state index contributed by atoms with van der Waals surface area (Å²) in [5.74, 6) is -1.06. The fourth-order valence-corrected chi connectivity index (χ4v) is 1.57. The van der Waals surface area contributed by atoms with Crippen molar-refractivity contribution in [2.24, 2.45) is 0 Å². The Bertz CT molecular complexity index is 510. The van der Waals surface area contributed by atoms with Gasteiger partial charge in [0.05, 0.1) is 13.0 Å². The zero-order valence-corrected chi connectivity index (χ0v) is 11.7. The zero-order valence-electron chi connectivity index (χ0n) is 11.0. The van der Waals surface area contributed by atoms with Crippen molar-refractivity contribution >= 4 is 29.6 Å². The lowest BCUT2D eigenvalue weighted by atomic mass is 10.1. The molecule has 1 N–H and O–H groups in total. The topological polar surface area (TPSA) is 72.8 Å². The lowest BCUT2D eigenvalue weighted by Gasteiger charge is -2.07. The molecule has 0 unspecified atom stereocenters. The summed E-state index contributed by atoms with van der Waals surface area (Å²) < 4.78 is 9.92. The first-order valence-electron chi connectivity index (χ1n) is 5.99. The van der Waals surface area contributed by atoms with E-state index in [9.17, 15) is 9.59 Å². The maximum absolute atomic E-state index is 11.2. The van der Waals surface area contributed by atoms with Crippen LogP contribution in [-0.4, -0.2) is 30.3 Å². The van der Waals surface area contributed by atoms with Gasteiger partial charge in [-0.25, -0.2) is 4.79 Å². The Morgan fingerprint density at radius 3 is 2.80 bits per heavy atom. The van der Waals surface area contributed by atoms with E-state index in [1.165, 1.54) is 6.07 Å². The van der Waals surface area contributed by atoms with E-state index >= 15 is 0 Å². The third-order valence-corrected chi connectivity index (χ3v) is 2.45. The smallest absolute Gasteiger partial charge is 0.341 e. The molecule has 1 aromatic rings. The van der Waals surface area contributed by atoms with Gasteiger partial charge in [-0.3, -0.25) is 4.79 Å². The second-order valence-corrected chi connectivity index (χ2v) is 4.21. The van der Waals surface area contributed by atoms with Gasteiger partial charge in [-0.2, -0.15) is 0 Å². The first-order valence-corrected chi connectivity index (χ1v) is 6.37. The van der Waals surface area contributed by atoms with E-state index in [0.717, 1.165) is 0 Å². The van der Waals surface area contributed by atoms with Crippen LogP contribution in [0.5, 0.6) is 5.75 Å². The molecule has 0 amide bonds. The molecule has 0 bridgehead atoms. The van der Waals surface area contributed by atoms with Crippen molar-refractivity contribution in [2.45, 2.75) is 13.3 Å². The van der Waals surface area contributed by atoms with Crippen molar-refractivity contribution in [1.29, 1.82) is 0 Å². The molecule has 0 aliphatic rings. The van der Waals surface area contributed by atoms with Crippen molar-refractivity contribution in [3.63, 3.8) is 0 Å². The van der Waals surface area contributed by atoms with Gasteiger partial charge in [0, 0.05) is 10.6 Å². The number of hydrogen-bond acceptors (Lipinski definition) is 4. The number of carbonyl (C=O) groups excluding carboxylic acids is 1. The molecule has 6 heteroatoms. The summed E-state index contributed by atoms with van der Waals surface area (Å²) in [5, 5.41) is 9.04. The molecular weight excluding hydrogens is 284 g/mol. The predicted molar refractivity (Wildman–Crippen MR) is 74.9 cm³/mol. The van der Waals surface area contributed by atoms with Crippen LogP contribution < -0.4 is 4.74 Å². The van der Waals surface area contributed by atoms with E-state index in [2.05, 4.69) is 0 Å². The number of carboxylic acids is 1. The molecule has 20 heavy (non-hydrogen) atoms. The van der Waals surface area contributed by atoms with Gasteiger partial charge in [-0.1, -0.05) is 23.8 Å². The Hall–Kier alpha value is -2.01. The van der Waals surface area contributed by atoms with Crippen LogP contribution in [0.1, 0.15) is 18.9 Å². The van der Waals surface area contributed by atoms with Gasteiger partial charge in [0.2, 0.25) is 0 Å². The van der Waals surface area contributed by atoms with Gasteiger partial charge in [-0.15, -0.1) is 0 Å². The molecule has 1 aromatic carbocycles. The summed E-state index contributed by atoms with van der Waals surface area (Å²) in [5.41, 5.74) is 0.639. The molecular formula is C14H15ClO5. The predicted octanol–water partition coefficient (Wildman–Crippen LogP) is 2.77. The molecule has 0 atom stereocenters. The molecule has 0 aliphatic carbocycles. The summed E-state index contributed by atoms with van der Waals surface area (Å²) in [7, 11) is 0. The number of carboxylic acid groups (broad SMARTS) is 1. The number of carbonyl (C=O) groups is 2. The van der Waals surface area contributed by atoms with Crippen LogP contribution in [0.25, 0.3) is 6.08 Å². The van der Waals surface area contributed by atoms with Crippen molar-refractivity contribution in [1.82, 2.24) is 0 Å². The highest BCUT2D eigenvalue weighted by molar-refractivity contribution is 6.30. The van der Waals surface area contributed by atoms with Crippen LogP contribution in [0.15, 0.2) is 24.3 Å². The quantitative estimate of drug-likeness (QED) is 0.784. The average molecular weight is 299 g/mol. The average Bonchev–Trinajstić information content (AvgIpc) is 2.38. The van der Waals surface area contributed by atoms with E-state index < -0.39 is 12.6 Å². The summed E-state index contributed by atoms with van der Waals surface area (Å²) in [6, 6.07) is 4.86. The highest BCUT2D eigenvalue weighted by Crippen LogP contribution is 2.24. The molecule has 1 rings (SSSR count). The standard InChI is InChI=1S/C14H15ClO5/c1-2-19-14(18)5-3-4-10-6-7-11(15)8-12(10)20-9-13(16)17/h3-4,6-8H,2,5,9H2,1H3,(H,16,17). The fraction of sp³-hybridized carbons (Fsp3) is 0.286. The molecule has 0 aliphatic heterocycles. The van der Waals surface area contributed by atoms with Crippen LogP contribution in [0.4, 0.5) is 0 Å². The van der Waals surface area contributed by atoms with Crippen LogP contribution in [0.3, 0.4) is 0 Å².